The number of azo groups is 2. The van der Waals surface area contributed by atoms with Crippen molar-refractivity contribution in [3.05, 3.63) is 234 Å². The predicted octanol–water partition coefficient (Wildman–Crippen LogP) is 11.2. The van der Waals surface area contributed by atoms with Gasteiger partial charge in [0.2, 0.25) is 10.3 Å². The molecule has 136 heavy (non-hydrogen) atoms. The maximum absolute atomic E-state index is 12.9. The molecule has 0 amide bonds. The van der Waals surface area contributed by atoms with Crippen LogP contribution in [0.3, 0.4) is 0 Å². The van der Waals surface area contributed by atoms with Crippen molar-refractivity contribution < 1.29 is 261 Å². The summed E-state index contributed by atoms with van der Waals surface area (Å²) in [6, 6.07) is 45.4. The van der Waals surface area contributed by atoms with Crippen LogP contribution >= 0.6 is 69.4 Å². The van der Waals surface area contributed by atoms with Crippen molar-refractivity contribution in [1.29, 1.82) is 10.5 Å². The zero-order valence-corrected chi connectivity index (χ0v) is 97.9. The third kappa shape index (κ3) is 23.7. The summed E-state index contributed by atoms with van der Waals surface area (Å²) in [5.41, 5.74) is 17.1. The number of nitriles is 2. The van der Waals surface area contributed by atoms with Crippen molar-refractivity contribution in [1.82, 2.24) is 49.5 Å². The molecule has 0 spiro atoms. The topological polar surface area (TPSA) is 438 Å². The van der Waals surface area contributed by atoms with Crippen molar-refractivity contribution in [2.75, 3.05) is 20.4 Å². The van der Waals surface area contributed by atoms with Gasteiger partial charge in [-0.15, -0.1) is 20.5 Å². The van der Waals surface area contributed by atoms with Gasteiger partial charge in [0.15, 0.2) is 33.5 Å². The number of fused-ring (bicyclic) bond motifs is 4. The van der Waals surface area contributed by atoms with Gasteiger partial charge in [-0.25, -0.2) is 46.7 Å². The van der Waals surface area contributed by atoms with Crippen LogP contribution in [0.1, 0.15) is 142 Å². The molecule has 32 nitrogen and oxygen atoms in total. The molecule has 0 aliphatic carbocycles. The molecule has 44 heteroatoms. The van der Waals surface area contributed by atoms with Gasteiger partial charge in [0, 0.05) is 32.0 Å². The molecule has 0 unspecified atom stereocenters. The van der Waals surface area contributed by atoms with E-state index in [4.69, 9.17) is 64.9 Å². The Labute approximate surface area is 980 Å². The fraction of sp³-hybridized carbons (Fsp3) is 0.239. The van der Waals surface area contributed by atoms with Gasteiger partial charge in [0.1, 0.15) is 66.5 Å². The molecule has 0 fully saturated rings. The van der Waals surface area contributed by atoms with Gasteiger partial charge < -0.3 is 30.3 Å². The summed E-state index contributed by atoms with van der Waals surface area (Å²) in [7, 11) is -9.95. The number of anilines is 10. The Hall–Kier alpha value is -5.75. The van der Waals surface area contributed by atoms with Crippen molar-refractivity contribution in [2.45, 2.75) is 169 Å². The first-order valence-corrected chi connectivity index (χ1v) is 48.3. The van der Waals surface area contributed by atoms with Gasteiger partial charge in [0.05, 0.1) is 97.5 Å². The minimum atomic E-state index is -5.07. The van der Waals surface area contributed by atoms with Gasteiger partial charge in [-0.3, -0.25) is 19.9 Å². The minimum Gasteiger partial charge on any atom is -0.744 e. The maximum Gasteiger partial charge on any atom is 1.00 e. The van der Waals surface area contributed by atoms with E-state index in [-0.39, 0.29) is 266 Å². The third-order valence-electron chi connectivity index (χ3n) is 21.5. The number of hydrogen-bond donors (Lipinski definition) is 2. The van der Waals surface area contributed by atoms with Crippen LogP contribution in [0.25, 0.3) is 51.1 Å². The SMILES string of the molecule is Cc1cc(C)c(Nc2nc(N(c3nc4ccccc4s3)c3c(C)cc(C)cc3C)cc(C)c2N=Nc2c(C#N)c(C(C)(C)C)nn2-c2nc3ccccc3s2)c(C)c1.Cc1cc(N(c2nc3ccc(S(=O)(=O)[O-])cc3s2)c2c(C)cc(C)c(S(=O)(=O)[O-])c2C)nc(Nc2c(C)cc(C)c(SOO[O-])c2C)c1N=Nc1c(C#N)c(C(C)(C)C)nn1-c1nc2ccc(SOO[O-])cc2s1.[K+].[K+].[K+].[K+]. The Morgan fingerprint density at radius 3 is 1.34 bits per heavy atom. The minimum absolute atomic E-state index is 0. The van der Waals surface area contributed by atoms with Gasteiger partial charge in [-0.2, -0.15) is 38.8 Å². The van der Waals surface area contributed by atoms with E-state index in [0.29, 0.717) is 122 Å². The molecule has 8 aromatic carbocycles. The summed E-state index contributed by atoms with van der Waals surface area (Å²) in [6.07, 6.45) is 0. The normalized spacial score (nSPS) is 11.8. The Morgan fingerprint density at radius 1 is 0.434 bits per heavy atom. The maximum atomic E-state index is 12.9. The van der Waals surface area contributed by atoms with Crippen LogP contribution in [0.5, 0.6) is 0 Å². The number of pyridine rings is 2. The molecule has 0 saturated carbocycles. The van der Waals surface area contributed by atoms with E-state index >= 15 is 0 Å². The summed E-state index contributed by atoms with van der Waals surface area (Å²) >= 11 is 6.72. The Kier molecular flexibility index (Phi) is 37.0. The predicted molar refractivity (Wildman–Crippen MR) is 511 cm³/mol. The van der Waals surface area contributed by atoms with E-state index in [0.717, 1.165) is 87.7 Å². The number of rotatable bonds is 24. The van der Waals surface area contributed by atoms with Crippen molar-refractivity contribution in [2.24, 2.45) is 20.5 Å². The van der Waals surface area contributed by atoms with Crippen LogP contribution in [-0.2, 0) is 49.8 Å². The second kappa shape index (κ2) is 45.5. The number of benzene rings is 8. The molecular formula is C92H84K4N20O12S8. The third-order valence-corrected chi connectivity index (χ3v) is 29.0. The second-order valence-electron chi connectivity index (χ2n) is 33.7. The van der Waals surface area contributed by atoms with Crippen molar-refractivity contribution in [3.63, 3.8) is 0 Å². The molecule has 0 bridgehead atoms. The summed E-state index contributed by atoms with van der Waals surface area (Å²) in [6.45, 7) is 38.3. The zero-order valence-electron chi connectivity index (χ0n) is 78.9. The average Bonchev–Trinajstić information content (AvgIpc) is 0.991. The van der Waals surface area contributed by atoms with Crippen LogP contribution in [-0.4, -0.2) is 75.4 Å². The largest absolute Gasteiger partial charge is 1.00 e. The fourth-order valence-corrected chi connectivity index (χ4v) is 22.4. The molecule has 0 aliphatic rings. The van der Waals surface area contributed by atoms with E-state index in [1.807, 2.05) is 117 Å². The number of aryl methyl sites for hydroxylation is 12. The van der Waals surface area contributed by atoms with Gasteiger partial charge in [0.25, 0.3) is 0 Å². The van der Waals surface area contributed by atoms with Crippen LogP contribution in [0.4, 0.5) is 79.3 Å². The summed E-state index contributed by atoms with van der Waals surface area (Å²) < 4.78 is 90.6. The van der Waals surface area contributed by atoms with Crippen molar-refractivity contribution in [3.8, 4) is 22.4 Å². The average molecular weight is 2070 g/mol. The quantitative estimate of drug-likeness (QED) is 0.0142. The molecule has 8 heterocycles. The molecule has 0 aliphatic heterocycles. The van der Waals surface area contributed by atoms with Crippen LogP contribution < -0.4 is 236 Å². The number of thiazole rings is 4. The first-order chi connectivity index (χ1) is 62.5. The number of para-hydroxylation sites is 2. The van der Waals surface area contributed by atoms with Gasteiger partial charge in [-0.05, 0) is 236 Å². The molecule has 16 rings (SSSR count). The molecule has 16 aromatic rings. The summed E-state index contributed by atoms with van der Waals surface area (Å²) in [4.78, 5) is 34.0. The van der Waals surface area contributed by atoms with E-state index in [9.17, 15) is 47.0 Å². The standard InChI is InChI=1S/C46H44N10O12S6.C46H44N10S2.4K/c1-21-15-24(4)39(72-68-66-58)26(6)36(21)51-42-37(52-53-43-30(20-47)41(46(8,9)10)54-56(43)45-49-31-13-11-28(71-67-65-57)18-33(31)70-45)22(2)17-35(50-42)55(38-23(3)16-25(5)40(27(38)7)74(62,63)64)44-48-32-14-12-29(73(59,60)61)19-34(32)69-44;1-25-19-27(3)38(28(4)20-25)51-42-39(52-53-43-32(24-47)41(46(8,9)10)54-56(43)45-49-34-16-12-14-18-36(34)58-45)29(5)23-37(50-42)55(40-30(6)21-26(2)22-31(40)7)44-48-33-15-11-13-17-35(33)57-44;;;;/h11-19,57-58H,1-10H3,(H,50,51)(H,59,60,61)(H,62,63,64);11-23H,1-10H3,(H,50,51);;;;/q;;4*+1/p-4. The molecule has 676 valence electrons. The number of hydrogen-bond acceptors (Lipinski definition) is 36. The molecule has 2 N–H and O–H groups in total. The van der Waals surface area contributed by atoms with Crippen molar-refractivity contribution >= 4 is 210 Å². The first-order valence-electron chi connectivity index (χ1n) is 40.7. The number of nitrogens with zero attached hydrogens (tertiary/aromatic N) is 18. The molecule has 8 aromatic heterocycles. The summed E-state index contributed by atoms with van der Waals surface area (Å²) in [5.74, 6) is 1.68. The fourth-order valence-electron chi connectivity index (χ4n) is 16.0. The van der Waals surface area contributed by atoms with E-state index < -0.39 is 40.9 Å². The number of nitrogens with one attached hydrogen (secondary N) is 2. The van der Waals surface area contributed by atoms with E-state index in [1.165, 1.54) is 69.4 Å². The number of aromatic nitrogens is 10. The Morgan fingerprint density at radius 2 is 0.853 bits per heavy atom. The second-order valence-corrected chi connectivity index (χ2v) is 41.9. The Bertz CT molecular complexity index is 7660. The van der Waals surface area contributed by atoms with E-state index in [2.05, 4.69) is 114 Å². The molecule has 0 atom stereocenters. The smallest absolute Gasteiger partial charge is 0.744 e. The van der Waals surface area contributed by atoms with Gasteiger partial charge in [-0.1, -0.05) is 159 Å². The molecule has 0 radical (unpaired) electrons. The van der Waals surface area contributed by atoms with Gasteiger partial charge >= 0.3 is 206 Å². The molecule has 0 saturated heterocycles. The summed E-state index contributed by atoms with van der Waals surface area (Å²) in [5, 5.41) is 88.3. The van der Waals surface area contributed by atoms with Crippen LogP contribution in [0.15, 0.2) is 173 Å². The van der Waals surface area contributed by atoms with Crippen LogP contribution in [0.2, 0.25) is 0 Å². The zero-order chi connectivity index (χ0) is 94.8. The first kappa shape index (κ1) is 111. The Balaban J connectivity index is 0.000000260. The monoisotopic (exact) mass is 2070 g/mol. The van der Waals surface area contributed by atoms with Crippen LogP contribution in [0, 0.1) is 120 Å². The van der Waals surface area contributed by atoms with E-state index in [1.54, 1.807) is 67.1 Å². The molecular weight excluding hydrogens is 1990 g/mol.